The molecular formula is C24H27ClN4O2. The molecule has 3 aromatic rings. The zero-order valence-electron chi connectivity index (χ0n) is 17.9. The van der Waals surface area contributed by atoms with Gasteiger partial charge < -0.3 is 9.42 Å². The number of hydrogen-bond donors (Lipinski definition) is 0. The molecule has 0 unspecified atom stereocenters. The Balaban J connectivity index is 1.27. The number of likely N-dealkylation sites (tertiary alicyclic amines) is 1. The summed E-state index contributed by atoms with van der Waals surface area (Å²) in [5.74, 6) is 1.41. The molecule has 0 radical (unpaired) electrons. The van der Waals surface area contributed by atoms with Gasteiger partial charge in [0.25, 0.3) is 0 Å². The highest BCUT2D eigenvalue weighted by Gasteiger charge is 2.28. The van der Waals surface area contributed by atoms with Crippen LogP contribution in [0.5, 0.6) is 0 Å². The van der Waals surface area contributed by atoms with E-state index in [9.17, 15) is 4.79 Å². The standard InChI is InChI=1S/C24H27ClN4O2/c1-17-6-8-18(9-7-17)15-28(2)24(30)19-10-12-29(13-11-19)16-22-26-23(27-31-22)20-4-3-5-21(25)14-20/h3-9,14,19H,10-13,15-16H2,1-2H3. The Kier molecular flexibility index (Phi) is 6.68. The summed E-state index contributed by atoms with van der Waals surface area (Å²) in [6.45, 7) is 4.98. The first-order valence-electron chi connectivity index (χ1n) is 10.6. The largest absolute Gasteiger partial charge is 0.341 e. The molecule has 1 aliphatic rings. The maximum Gasteiger partial charge on any atom is 0.241 e. The maximum absolute atomic E-state index is 12.9. The molecule has 0 bridgehead atoms. The van der Waals surface area contributed by atoms with Crippen LogP contribution in [0.2, 0.25) is 5.02 Å². The Morgan fingerprint density at radius 1 is 1.19 bits per heavy atom. The lowest BCUT2D eigenvalue weighted by Crippen LogP contribution is -2.40. The first-order chi connectivity index (χ1) is 15.0. The number of aryl methyl sites for hydroxylation is 1. The molecule has 4 rings (SSSR count). The van der Waals surface area contributed by atoms with E-state index < -0.39 is 0 Å². The second-order valence-electron chi connectivity index (χ2n) is 8.25. The number of benzene rings is 2. The van der Waals surface area contributed by atoms with E-state index in [0.717, 1.165) is 37.1 Å². The molecular weight excluding hydrogens is 412 g/mol. The molecule has 7 heteroatoms. The molecule has 1 saturated heterocycles. The second-order valence-corrected chi connectivity index (χ2v) is 8.69. The van der Waals surface area contributed by atoms with Crippen LogP contribution in [-0.4, -0.2) is 46.0 Å². The Morgan fingerprint density at radius 2 is 1.94 bits per heavy atom. The predicted octanol–water partition coefficient (Wildman–Crippen LogP) is 4.57. The normalized spacial score (nSPS) is 15.2. The average Bonchev–Trinajstić information content (AvgIpc) is 3.24. The lowest BCUT2D eigenvalue weighted by Gasteiger charge is -2.32. The van der Waals surface area contributed by atoms with E-state index in [0.29, 0.717) is 29.8 Å². The topological polar surface area (TPSA) is 62.5 Å². The van der Waals surface area contributed by atoms with Gasteiger partial charge in [0.2, 0.25) is 17.6 Å². The van der Waals surface area contributed by atoms with Crippen LogP contribution in [0, 0.1) is 12.8 Å². The third kappa shape index (κ3) is 5.51. The van der Waals surface area contributed by atoms with Crippen LogP contribution in [0.25, 0.3) is 11.4 Å². The van der Waals surface area contributed by atoms with Crippen molar-refractivity contribution in [3.05, 3.63) is 70.6 Å². The minimum atomic E-state index is 0.0661. The molecule has 1 amide bonds. The Bertz CT molecular complexity index is 1030. The third-order valence-electron chi connectivity index (χ3n) is 5.76. The number of halogens is 1. The van der Waals surface area contributed by atoms with Crippen molar-refractivity contribution >= 4 is 17.5 Å². The fourth-order valence-corrected chi connectivity index (χ4v) is 4.14. The van der Waals surface area contributed by atoms with E-state index in [1.54, 1.807) is 0 Å². The van der Waals surface area contributed by atoms with Gasteiger partial charge in [-0.2, -0.15) is 4.98 Å². The summed E-state index contributed by atoms with van der Waals surface area (Å²) in [5.41, 5.74) is 3.22. The average molecular weight is 439 g/mol. The van der Waals surface area contributed by atoms with Gasteiger partial charge >= 0.3 is 0 Å². The Labute approximate surface area is 187 Å². The van der Waals surface area contributed by atoms with Crippen LogP contribution in [0.1, 0.15) is 29.9 Å². The van der Waals surface area contributed by atoms with Gasteiger partial charge in [-0.3, -0.25) is 9.69 Å². The molecule has 2 aromatic carbocycles. The number of carbonyl (C=O) groups excluding carboxylic acids is 1. The summed E-state index contributed by atoms with van der Waals surface area (Å²) < 4.78 is 5.43. The van der Waals surface area contributed by atoms with Crippen LogP contribution >= 0.6 is 11.6 Å². The van der Waals surface area contributed by atoms with Crippen molar-refractivity contribution < 1.29 is 9.32 Å². The SMILES string of the molecule is Cc1ccc(CN(C)C(=O)C2CCN(Cc3nc(-c4cccc(Cl)c4)no3)CC2)cc1. The van der Waals surface area contributed by atoms with Gasteiger partial charge in [0.05, 0.1) is 6.54 Å². The minimum Gasteiger partial charge on any atom is -0.341 e. The summed E-state index contributed by atoms with van der Waals surface area (Å²) in [7, 11) is 1.89. The maximum atomic E-state index is 12.9. The zero-order chi connectivity index (χ0) is 21.8. The van der Waals surface area contributed by atoms with Gasteiger partial charge in [0.1, 0.15) is 0 Å². The molecule has 0 aliphatic carbocycles. The smallest absolute Gasteiger partial charge is 0.241 e. The molecule has 162 valence electrons. The van der Waals surface area contributed by atoms with Crippen LogP contribution in [0.15, 0.2) is 53.1 Å². The van der Waals surface area contributed by atoms with Crippen LogP contribution in [0.4, 0.5) is 0 Å². The van der Waals surface area contributed by atoms with Gasteiger partial charge in [-0.25, -0.2) is 0 Å². The fraction of sp³-hybridized carbons (Fsp3) is 0.375. The first-order valence-corrected chi connectivity index (χ1v) is 11.0. The minimum absolute atomic E-state index is 0.0661. The Morgan fingerprint density at radius 3 is 2.65 bits per heavy atom. The predicted molar refractivity (Wildman–Crippen MR) is 120 cm³/mol. The monoisotopic (exact) mass is 438 g/mol. The van der Waals surface area contributed by atoms with Gasteiger partial charge in [-0.05, 0) is 50.6 Å². The lowest BCUT2D eigenvalue weighted by molar-refractivity contribution is -0.136. The number of carbonyl (C=O) groups is 1. The lowest BCUT2D eigenvalue weighted by atomic mass is 9.95. The number of hydrogen-bond acceptors (Lipinski definition) is 5. The number of amides is 1. The van der Waals surface area contributed by atoms with Crippen molar-refractivity contribution in [1.29, 1.82) is 0 Å². The van der Waals surface area contributed by atoms with Crippen molar-refractivity contribution in [2.24, 2.45) is 5.92 Å². The molecule has 0 saturated carbocycles. The molecule has 0 N–H and O–H groups in total. The van der Waals surface area contributed by atoms with Crippen LogP contribution < -0.4 is 0 Å². The van der Waals surface area contributed by atoms with Crippen molar-refractivity contribution in [3.8, 4) is 11.4 Å². The molecule has 2 heterocycles. The molecule has 0 spiro atoms. The number of rotatable bonds is 6. The quantitative estimate of drug-likeness (QED) is 0.564. The van der Waals surface area contributed by atoms with Gasteiger partial charge in [0.15, 0.2) is 0 Å². The summed E-state index contributed by atoms with van der Waals surface area (Å²) in [6.07, 6.45) is 1.68. The van der Waals surface area contributed by atoms with E-state index >= 15 is 0 Å². The molecule has 1 fully saturated rings. The summed E-state index contributed by atoms with van der Waals surface area (Å²) in [6, 6.07) is 15.8. The number of nitrogens with zero attached hydrogens (tertiary/aromatic N) is 4. The molecule has 0 atom stereocenters. The third-order valence-corrected chi connectivity index (χ3v) is 6.00. The highest BCUT2D eigenvalue weighted by atomic mass is 35.5. The number of piperidine rings is 1. The highest BCUT2D eigenvalue weighted by Crippen LogP contribution is 2.23. The van der Waals surface area contributed by atoms with E-state index in [2.05, 4.69) is 46.2 Å². The molecule has 31 heavy (non-hydrogen) atoms. The van der Waals surface area contributed by atoms with Crippen molar-refractivity contribution in [3.63, 3.8) is 0 Å². The summed E-state index contributed by atoms with van der Waals surface area (Å²) in [5, 5.41) is 4.71. The zero-order valence-corrected chi connectivity index (χ0v) is 18.7. The molecule has 1 aromatic heterocycles. The summed E-state index contributed by atoms with van der Waals surface area (Å²) >= 11 is 6.04. The van der Waals surface area contributed by atoms with Crippen molar-refractivity contribution in [2.75, 3.05) is 20.1 Å². The second kappa shape index (κ2) is 9.62. The van der Waals surface area contributed by atoms with E-state index in [1.165, 1.54) is 5.56 Å². The van der Waals surface area contributed by atoms with Crippen LogP contribution in [0.3, 0.4) is 0 Å². The van der Waals surface area contributed by atoms with E-state index in [1.807, 2.05) is 36.2 Å². The van der Waals surface area contributed by atoms with Crippen molar-refractivity contribution in [1.82, 2.24) is 19.9 Å². The van der Waals surface area contributed by atoms with Gasteiger partial charge in [0, 0.05) is 30.1 Å². The van der Waals surface area contributed by atoms with E-state index in [4.69, 9.17) is 16.1 Å². The van der Waals surface area contributed by atoms with E-state index in [-0.39, 0.29) is 11.8 Å². The first kappa shape index (κ1) is 21.5. The summed E-state index contributed by atoms with van der Waals surface area (Å²) in [4.78, 5) is 21.5. The highest BCUT2D eigenvalue weighted by molar-refractivity contribution is 6.30. The molecule has 6 nitrogen and oxygen atoms in total. The fourth-order valence-electron chi connectivity index (χ4n) is 3.95. The van der Waals surface area contributed by atoms with Gasteiger partial charge in [-0.1, -0.05) is 58.7 Å². The van der Waals surface area contributed by atoms with Gasteiger partial charge in [-0.15, -0.1) is 0 Å². The Hall–Kier alpha value is -2.70. The van der Waals surface area contributed by atoms with Crippen molar-refractivity contribution in [2.45, 2.75) is 32.9 Å². The van der Waals surface area contributed by atoms with Crippen LogP contribution in [-0.2, 0) is 17.9 Å². The molecule has 1 aliphatic heterocycles. The number of aromatic nitrogens is 2.